The second-order valence-electron chi connectivity index (χ2n) is 14.7. The zero-order chi connectivity index (χ0) is 29.5. The number of rotatable bonds is 8. The summed E-state index contributed by atoms with van der Waals surface area (Å²) in [6.07, 6.45) is 1.56. The van der Waals surface area contributed by atoms with Gasteiger partial charge in [-0.25, -0.2) is 0 Å². The molecule has 0 radical (unpaired) electrons. The Bertz CT molecular complexity index is 1240. The van der Waals surface area contributed by atoms with Crippen LogP contribution in [0.2, 0.25) is 43.8 Å². The predicted molar refractivity (Wildman–Crippen MR) is 171 cm³/mol. The molecule has 0 saturated carbocycles. The first-order valence-electron chi connectivity index (χ1n) is 14.9. The molecule has 0 aromatic heterocycles. The van der Waals surface area contributed by atoms with Crippen molar-refractivity contribution >= 4 is 28.2 Å². The summed E-state index contributed by atoms with van der Waals surface area (Å²) in [7, 11) is -3.42. The van der Waals surface area contributed by atoms with E-state index in [1.165, 1.54) is 11.1 Å². The lowest BCUT2D eigenvalue weighted by molar-refractivity contribution is -0.131. The summed E-state index contributed by atoms with van der Waals surface area (Å²) in [6, 6.07) is 20.6. The van der Waals surface area contributed by atoms with Gasteiger partial charge in [0.2, 0.25) is 5.91 Å². The van der Waals surface area contributed by atoms with E-state index < -0.39 is 16.4 Å². The fraction of sp³-hybridized carbons (Fsp3) is 0.529. The van der Waals surface area contributed by atoms with Crippen LogP contribution in [0.15, 0.2) is 71.8 Å². The molecular formula is C34H49NO3Si2. The van der Waals surface area contributed by atoms with E-state index in [1.807, 2.05) is 48.5 Å². The van der Waals surface area contributed by atoms with Gasteiger partial charge in [-0.15, -0.1) is 0 Å². The maximum Gasteiger partial charge on any atom is 0.260 e. The van der Waals surface area contributed by atoms with Gasteiger partial charge in [-0.1, -0.05) is 100 Å². The first-order chi connectivity index (χ1) is 18.6. The maximum atomic E-state index is 14.5. The summed E-state index contributed by atoms with van der Waals surface area (Å²) in [4.78, 5) is 30.2. The molecule has 0 spiro atoms. The molecule has 1 aliphatic carbocycles. The third-order valence-corrected chi connectivity index (χ3v) is 15.5. The van der Waals surface area contributed by atoms with E-state index in [9.17, 15) is 9.59 Å². The van der Waals surface area contributed by atoms with E-state index >= 15 is 0 Å². The highest BCUT2D eigenvalue weighted by molar-refractivity contribution is 6.76. The Morgan fingerprint density at radius 1 is 0.925 bits per heavy atom. The fourth-order valence-corrected chi connectivity index (χ4v) is 9.13. The number of hydrogen-bond acceptors (Lipinski definition) is 3. The Labute approximate surface area is 244 Å². The van der Waals surface area contributed by atoms with Gasteiger partial charge in [0.1, 0.15) is 0 Å². The highest BCUT2D eigenvalue weighted by Gasteiger charge is 2.56. The Morgan fingerprint density at radius 3 is 2.05 bits per heavy atom. The minimum Gasteiger partial charge on any atom is -0.417 e. The van der Waals surface area contributed by atoms with Crippen molar-refractivity contribution in [3.63, 3.8) is 0 Å². The van der Waals surface area contributed by atoms with Crippen molar-refractivity contribution in [1.82, 2.24) is 4.90 Å². The number of imide groups is 1. The van der Waals surface area contributed by atoms with Crippen LogP contribution in [-0.4, -0.2) is 45.8 Å². The van der Waals surface area contributed by atoms with E-state index in [2.05, 4.69) is 72.6 Å². The Morgan fingerprint density at radius 2 is 1.50 bits per heavy atom. The number of carbonyl (C=O) groups excluding carboxylic acids is 2. The van der Waals surface area contributed by atoms with Crippen LogP contribution in [0.4, 0.5) is 0 Å². The van der Waals surface area contributed by atoms with Gasteiger partial charge in [-0.3, -0.25) is 14.5 Å². The topological polar surface area (TPSA) is 46.6 Å². The first kappa shape index (κ1) is 30.7. The largest absolute Gasteiger partial charge is 0.417 e. The quantitative estimate of drug-likeness (QED) is 0.181. The summed E-state index contributed by atoms with van der Waals surface area (Å²) >= 11 is 0. The zero-order valence-corrected chi connectivity index (χ0v) is 28.1. The Balaban J connectivity index is 1.80. The average molecular weight is 576 g/mol. The molecule has 2 aliphatic rings. The van der Waals surface area contributed by atoms with Crippen LogP contribution < -0.4 is 0 Å². The third-order valence-electron chi connectivity index (χ3n) is 9.47. The van der Waals surface area contributed by atoms with Crippen LogP contribution in [0.5, 0.6) is 0 Å². The minimum atomic E-state index is -2.01. The molecule has 0 bridgehead atoms. The lowest BCUT2D eigenvalue weighted by Crippen LogP contribution is -2.44. The molecule has 4 unspecified atom stereocenters. The van der Waals surface area contributed by atoms with Gasteiger partial charge < -0.3 is 4.43 Å². The highest BCUT2D eigenvalue weighted by Crippen LogP contribution is 2.50. The molecule has 1 fully saturated rings. The molecule has 1 aliphatic heterocycles. The molecule has 40 heavy (non-hydrogen) atoms. The standard InChI is InChI=1S/C34H49NO3Si2/c1-24-28(23-39(5,6)7)21-27(22-38-40(8,9)34(2,3)4)31-30(24)29(20-25-16-12-10-13-17-25)35(33(31)37)32(36)26-18-14-11-15-19-26/h10-19,27,29-31H,20-23H2,1-9H3. The van der Waals surface area contributed by atoms with Crippen molar-refractivity contribution in [3.05, 3.63) is 82.9 Å². The van der Waals surface area contributed by atoms with Crippen molar-refractivity contribution in [3.8, 4) is 0 Å². The van der Waals surface area contributed by atoms with Crippen molar-refractivity contribution < 1.29 is 14.0 Å². The highest BCUT2D eigenvalue weighted by atomic mass is 28.4. The molecule has 4 atom stereocenters. The number of carbonyl (C=O) groups is 2. The van der Waals surface area contributed by atoms with E-state index in [4.69, 9.17) is 4.43 Å². The monoisotopic (exact) mass is 575 g/mol. The van der Waals surface area contributed by atoms with Crippen molar-refractivity contribution in [2.75, 3.05) is 6.61 Å². The van der Waals surface area contributed by atoms with Crippen molar-refractivity contribution in [1.29, 1.82) is 0 Å². The number of allylic oxidation sites excluding steroid dienone is 1. The molecule has 6 heteroatoms. The van der Waals surface area contributed by atoms with Crippen molar-refractivity contribution in [2.45, 2.75) is 90.4 Å². The van der Waals surface area contributed by atoms with Gasteiger partial charge in [0.15, 0.2) is 8.32 Å². The second-order valence-corrected chi connectivity index (χ2v) is 25.0. The summed E-state index contributed by atoms with van der Waals surface area (Å²) in [6.45, 7) is 21.5. The van der Waals surface area contributed by atoms with Crippen LogP contribution >= 0.6 is 0 Å². The second kappa shape index (κ2) is 11.5. The number of hydrogen-bond donors (Lipinski definition) is 0. The molecular weight excluding hydrogens is 527 g/mol. The van der Waals surface area contributed by atoms with E-state index in [0.29, 0.717) is 18.6 Å². The van der Waals surface area contributed by atoms with Crippen LogP contribution in [0.3, 0.4) is 0 Å². The zero-order valence-electron chi connectivity index (χ0n) is 26.1. The molecule has 2 aromatic rings. The Hall–Kier alpha value is -2.29. The van der Waals surface area contributed by atoms with Gasteiger partial charge in [0, 0.05) is 26.2 Å². The van der Waals surface area contributed by atoms with E-state index in [0.717, 1.165) is 18.0 Å². The predicted octanol–water partition coefficient (Wildman–Crippen LogP) is 8.21. The number of nitrogens with zero attached hydrogens (tertiary/aromatic N) is 1. The number of likely N-dealkylation sites (tertiary alicyclic amines) is 1. The number of benzene rings is 2. The average Bonchev–Trinajstić information content (AvgIpc) is 3.16. The first-order valence-corrected chi connectivity index (χ1v) is 21.5. The van der Waals surface area contributed by atoms with Crippen LogP contribution in [0.1, 0.15) is 50.0 Å². The lowest BCUT2D eigenvalue weighted by atomic mass is 9.68. The summed E-state index contributed by atoms with van der Waals surface area (Å²) < 4.78 is 6.81. The number of fused-ring (bicyclic) bond motifs is 1. The summed E-state index contributed by atoms with van der Waals surface area (Å²) in [5, 5.41) is 0.0960. The number of amides is 2. The minimum absolute atomic E-state index is 0.00786. The van der Waals surface area contributed by atoms with Gasteiger partial charge in [-0.2, -0.15) is 0 Å². The molecule has 4 rings (SSSR count). The van der Waals surface area contributed by atoms with E-state index in [1.54, 1.807) is 4.90 Å². The van der Waals surface area contributed by atoms with Crippen molar-refractivity contribution in [2.24, 2.45) is 17.8 Å². The van der Waals surface area contributed by atoms with Crippen LogP contribution in [0, 0.1) is 17.8 Å². The van der Waals surface area contributed by atoms with Crippen LogP contribution in [0.25, 0.3) is 0 Å². The van der Waals surface area contributed by atoms with Gasteiger partial charge in [-0.05, 0) is 67.6 Å². The molecule has 1 heterocycles. The maximum absolute atomic E-state index is 14.5. The molecule has 2 amide bonds. The van der Waals surface area contributed by atoms with Gasteiger partial charge in [0.05, 0.1) is 12.0 Å². The normalized spacial score (nSPS) is 23.9. The lowest BCUT2D eigenvalue weighted by Gasteiger charge is -2.41. The smallest absolute Gasteiger partial charge is 0.260 e. The third kappa shape index (κ3) is 6.45. The SMILES string of the molecule is CC1=C(C[Si](C)(C)C)CC(CO[Si](C)(C)C(C)(C)C)C2C(=O)N(C(=O)c3ccccc3)C(Cc3ccccc3)C12. The Kier molecular flexibility index (Phi) is 8.84. The summed E-state index contributed by atoms with van der Waals surface area (Å²) in [5.74, 6) is -0.349. The molecule has 0 N–H and O–H groups in total. The van der Waals surface area contributed by atoms with Gasteiger partial charge >= 0.3 is 0 Å². The molecule has 2 aromatic carbocycles. The molecule has 4 nitrogen and oxygen atoms in total. The summed E-state index contributed by atoms with van der Waals surface area (Å²) in [5.41, 5.74) is 4.58. The fourth-order valence-electron chi connectivity index (χ4n) is 6.36. The molecule has 216 valence electrons. The molecule has 1 saturated heterocycles. The van der Waals surface area contributed by atoms with Crippen LogP contribution in [-0.2, 0) is 15.6 Å². The van der Waals surface area contributed by atoms with Gasteiger partial charge in [0.25, 0.3) is 5.91 Å². The van der Waals surface area contributed by atoms with E-state index in [-0.39, 0.29) is 40.6 Å².